The van der Waals surface area contributed by atoms with Crippen molar-refractivity contribution in [1.29, 1.82) is 0 Å². The number of hydrogen-bond acceptors (Lipinski definition) is 5. The van der Waals surface area contributed by atoms with E-state index in [0.29, 0.717) is 11.1 Å². The van der Waals surface area contributed by atoms with Crippen molar-refractivity contribution in [3.8, 4) is 0 Å². The SMILES string of the molecule is CCCCNC(=S)NNc1nnc2c3ccccc3n(C)c2n1. The van der Waals surface area contributed by atoms with Crippen LogP contribution in [0.3, 0.4) is 0 Å². The van der Waals surface area contributed by atoms with E-state index in [0.717, 1.165) is 41.5 Å². The Labute approximate surface area is 139 Å². The molecule has 0 fully saturated rings. The highest BCUT2D eigenvalue weighted by atomic mass is 32.1. The Morgan fingerprint density at radius 3 is 2.91 bits per heavy atom. The summed E-state index contributed by atoms with van der Waals surface area (Å²) in [5.41, 5.74) is 8.39. The number of rotatable bonds is 5. The molecule has 8 heteroatoms. The van der Waals surface area contributed by atoms with Crippen LogP contribution in [0.4, 0.5) is 5.95 Å². The average molecular weight is 329 g/mol. The molecule has 0 saturated heterocycles. The van der Waals surface area contributed by atoms with Crippen LogP contribution in [0.25, 0.3) is 22.1 Å². The van der Waals surface area contributed by atoms with Crippen molar-refractivity contribution in [2.24, 2.45) is 7.05 Å². The maximum Gasteiger partial charge on any atom is 0.263 e. The van der Waals surface area contributed by atoms with Crippen LogP contribution in [-0.4, -0.2) is 31.4 Å². The number of nitrogens with one attached hydrogen (secondary N) is 3. The molecule has 0 aliphatic rings. The van der Waals surface area contributed by atoms with E-state index in [2.05, 4.69) is 38.3 Å². The average Bonchev–Trinajstić information content (AvgIpc) is 2.86. The first-order valence-corrected chi connectivity index (χ1v) is 7.99. The van der Waals surface area contributed by atoms with Crippen molar-refractivity contribution in [2.45, 2.75) is 19.8 Å². The summed E-state index contributed by atoms with van der Waals surface area (Å²) in [6.45, 7) is 2.97. The summed E-state index contributed by atoms with van der Waals surface area (Å²) in [6.07, 6.45) is 2.19. The molecule has 3 rings (SSSR count). The number of thiocarbonyl (C=S) groups is 1. The molecule has 23 heavy (non-hydrogen) atoms. The van der Waals surface area contributed by atoms with Crippen LogP contribution in [0.15, 0.2) is 24.3 Å². The van der Waals surface area contributed by atoms with Crippen molar-refractivity contribution in [1.82, 2.24) is 30.5 Å². The Kier molecular flexibility index (Phi) is 4.52. The minimum absolute atomic E-state index is 0.378. The number of anilines is 1. The third-order valence-corrected chi connectivity index (χ3v) is 3.86. The number of nitrogens with zero attached hydrogens (tertiary/aromatic N) is 4. The van der Waals surface area contributed by atoms with Gasteiger partial charge in [0.05, 0.1) is 5.52 Å². The first kappa shape index (κ1) is 15.4. The fraction of sp³-hybridized carbons (Fsp3) is 0.333. The summed E-state index contributed by atoms with van der Waals surface area (Å²) >= 11 is 5.17. The Morgan fingerprint density at radius 1 is 1.26 bits per heavy atom. The number of aromatic nitrogens is 4. The van der Waals surface area contributed by atoms with Crippen LogP contribution in [0, 0.1) is 0 Å². The van der Waals surface area contributed by atoms with E-state index in [1.54, 1.807) is 0 Å². The summed E-state index contributed by atoms with van der Waals surface area (Å²) in [4.78, 5) is 4.51. The van der Waals surface area contributed by atoms with E-state index in [4.69, 9.17) is 12.2 Å². The smallest absolute Gasteiger partial charge is 0.263 e. The van der Waals surface area contributed by atoms with Crippen LogP contribution in [0.2, 0.25) is 0 Å². The van der Waals surface area contributed by atoms with E-state index < -0.39 is 0 Å². The predicted molar refractivity (Wildman–Crippen MR) is 96.1 cm³/mol. The quantitative estimate of drug-likeness (QED) is 0.376. The molecule has 0 radical (unpaired) electrons. The Bertz CT molecular complexity index is 842. The summed E-state index contributed by atoms with van der Waals surface area (Å²) in [5, 5.41) is 13.0. The number of fused-ring (bicyclic) bond motifs is 3. The van der Waals surface area contributed by atoms with Crippen molar-refractivity contribution in [2.75, 3.05) is 12.0 Å². The largest absolute Gasteiger partial charge is 0.361 e. The number of hydrazine groups is 1. The number of aryl methyl sites for hydroxylation is 1. The van der Waals surface area contributed by atoms with Gasteiger partial charge < -0.3 is 9.88 Å². The van der Waals surface area contributed by atoms with Crippen molar-refractivity contribution in [3.05, 3.63) is 24.3 Å². The first-order chi connectivity index (χ1) is 11.2. The van der Waals surface area contributed by atoms with Gasteiger partial charge in [-0.2, -0.15) is 4.98 Å². The molecule has 0 saturated carbocycles. The van der Waals surface area contributed by atoms with E-state index >= 15 is 0 Å². The molecule has 1 aromatic carbocycles. The topological polar surface area (TPSA) is 79.7 Å². The van der Waals surface area contributed by atoms with Crippen LogP contribution < -0.4 is 16.2 Å². The summed E-state index contributed by atoms with van der Waals surface area (Å²) in [5.74, 6) is 0.378. The molecule has 2 aromatic heterocycles. The fourth-order valence-corrected chi connectivity index (χ4v) is 2.55. The fourth-order valence-electron chi connectivity index (χ4n) is 2.39. The molecule has 0 unspecified atom stereocenters. The summed E-state index contributed by atoms with van der Waals surface area (Å²) < 4.78 is 2.00. The third-order valence-electron chi connectivity index (χ3n) is 3.61. The standard InChI is InChI=1S/C15H19N7S/c1-3-4-9-16-15(23)21-20-14-17-13-12(18-19-14)10-7-5-6-8-11(10)22(13)2/h5-8H,3-4,9H2,1-2H3,(H2,16,21,23)(H,17,19,20). The zero-order valence-electron chi connectivity index (χ0n) is 13.1. The van der Waals surface area contributed by atoms with Crippen LogP contribution >= 0.6 is 12.2 Å². The Balaban J connectivity index is 1.77. The van der Waals surface area contributed by atoms with Gasteiger partial charge in [0.25, 0.3) is 5.95 Å². The third kappa shape index (κ3) is 3.16. The van der Waals surface area contributed by atoms with Gasteiger partial charge in [-0.1, -0.05) is 31.5 Å². The Hall–Kier alpha value is -2.48. The molecule has 3 N–H and O–H groups in total. The van der Waals surface area contributed by atoms with E-state index in [1.807, 2.05) is 35.9 Å². The van der Waals surface area contributed by atoms with Gasteiger partial charge in [0.1, 0.15) is 5.52 Å². The maximum absolute atomic E-state index is 5.17. The van der Waals surface area contributed by atoms with Gasteiger partial charge >= 0.3 is 0 Å². The van der Waals surface area contributed by atoms with Gasteiger partial charge in [-0.05, 0) is 24.7 Å². The molecular formula is C15H19N7S. The monoisotopic (exact) mass is 329 g/mol. The normalized spacial score (nSPS) is 10.9. The van der Waals surface area contributed by atoms with Crippen LogP contribution in [-0.2, 0) is 7.05 Å². The highest BCUT2D eigenvalue weighted by Gasteiger charge is 2.11. The minimum Gasteiger partial charge on any atom is -0.361 e. The number of benzene rings is 1. The molecule has 0 amide bonds. The van der Waals surface area contributed by atoms with Crippen LogP contribution in [0.1, 0.15) is 19.8 Å². The molecule has 0 aliphatic heterocycles. The zero-order chi connectivity index (χ0) is 16.2. The lowest BCUT2D eigenvalue weighted by molar-refractivity contribution is 0.747. The number of unbranched alkanes of at least 4 members (excludes halogenated alkanes) is 1. The maximum atomic E-state index is 5.17. The van der Waals surface area contributed by atoms with Gasteiger partial charge in [0.15, 0.2) is 10.8 Å². The van der Waals surface area contributed by atoms with Gasteiger partial charge in [0.2, 0.25) is 0 Å². The number of hydrogen-bond donors (Lipinski definition) is 3. The van der Waals surface area contributed by atoms with Crippen molar-refractivity contribution in [3.63, 3.8) is 0 Å². The van der Waals surface area contributed by atoms with E-state index in [1.165, 1.54) is 0 Å². The zero-order valence-corrected chi connectivity index (χ0v) is 13.9. The summed E-state index contributed by atoms with van der Waals surface area (Å²) in [6, 6.07) is 8.04. The lowest BCUT2D eigenvalue weighted by Gasteiger charge is -2.10. The molecule has 120 valence electrons. The molecule has 0 aliphatic carbocycles. The van der Waals surface area contributed by atoms with Crippen molar-refractivity contribution >= 4 is 45.3 Å². The lowest BCUT2D eigenvalue weighted by Crippen LogP contribution is -2.39. The lowest BCUT2D eigenvalue weighted by atomic mass is 10.2. The van der Waals surface area contributed by atoms with Crippen LogP contribution in [0.5, 0.6) is 0 Å². The van der Waals surface area contributed by atoms with E-state index in [9.17, 15) is 0 Å². The highest BCUT2D eigenvalue weighted by molar-refractivity contribution is 7.80. The molecule has 0 atom stereocenters. The predicted octanol–water partition coefficient (Wildman–Crippen LogP) is 2.11. The summed E-state index contributed by atoms with van der Waals surface area (Å²) in [7, 11) is 1.97. The highest BCUT2D eigenvalue weighted by Crippen LogP contribution is 2.24. The van der Waals surface area contributed by atoms with Gasteiger partial charge in [0, 0.05) is 19.0 Å². The first-order valence-electron chi connectivity index (χ1n) is 7.58. The molecule has 2 heterocycles. The molecule has 7 nitrogen and oxygen atoms in total. The molecule has 0 spiro atoms. The van der Waals surface area contributed by atoms with E-state index in [-0.39, 0.29) is 0 Å². The molecule has 3 aromatic rings. The second kappa shape index (κ2) is 6.74. The minimum atomic E-state index is 0.378. The van der Waals surface area contributed by atoms with Gasteiger partial charge in [-0.3, -0.25) is 10.9 Å². The Morgan fingerprint density at radius 2 is 2.09 bits per heavy atom. The van der Waals surface area contributed by atoms with Gasteiger partial charge in [-0.15, -0.1) is 10.2 Å². The van der Waals surface area contributed by atoms with Crippen molar-refractivity contribution < 1.29 is 0 Å². The van der Waals surface area contributed by atoms with Gasteiger partial charge in [-0.25, -0.2) is 0 Å². The second-order valence-corrected chi connectivity index (χ2v) is 5.65. The second-order valence-electron chi connectivity index (χ2n) is 5.24. The number of para-hydroxylation sites is 1. The molecule has 0 bridgehead atoms. The molecular weight excluding hydrogens is 310 g/mol.